The first-order chi connectivity index (χ1) is 12.9. The second-order valence-corrected chi connectivity index (χ2v) is 6.14. The van der Waals surface area contributed by atoms with Gasteiger partial charge in [0.25, 0.3) is 0 Å². The van der Waals surface area contributed by atoms with Crippen molar-refractivity contribution in [3.63, 3.8) is 0 Å². The highest BCUT2D eigenvalue weighted by molar-refractivity contribution is 5.94. The minimum Gasteiger partial charge on any atom is -0.496 e. The summed E-state index contributed by atoms with van der Waals surface area (Å²) in [6, 6.07) is 11.2. The quantitative estimate of drug-likeness (QED) is 0.298. The van der Waals surface area contributed by atoms with Crippen molar-refractivity contribution < 1.29 is 23.5 Å². The van der Waals surface area contributed by atoms with Crippen LogP contribution in [0.25, 0.3) is 11.0 Å². The van der Waals surface area contributed by atoms with Gasteiger partial charge in [-0.3, -0.25) is 9.59 Å². The van der Waals surface area contributed by atoms with Crippen molar-refractivity contribution in [1.82, 2.24) is 0 Å². The van der Waals surface area contributed by atoms with Crippen LogP contribution in [-0.4, -0.2) is 18.9 Å². The molecular formula is C21H18O6. The summed E-state index contributed by atoms with van der Waals surface area (Å²) in [6.45, 7) is 3.26. The molecule has 0 saturated heterocycles. The summed E-state index contributed by atoms with van der Waals surface area (Å²) >= 11 is 0. The minimum absolute atomic E-state index is 0.0693. The van der Waals surface area contributed by atoms with Crippen molar-refractivity contribution in [2.24, 2.45) is 0 Å². The molecule has 3 rings (SSSR count). The molecule has 1 aromatic heterocycles. The molecule has 0 aliphatic carbocycles. The maximum absolute atomic E-state index is 12.3. The van der Waals surface area contributed by atoms with Crippen molar-refractivity contribution >= 4 is 22.7 Å². The molecule has 0 radical (unpaired) electrons. The van der Waals surface area contributed by atoms with E-state index in [0.717, 1.165) is 10.9 Å². The molecule has 0 saturated carbocycles. The van der Waals surface area contributed by atoms with Crippen LogP contribution in [0.3, 0.4) is 0 Å². The van der Waals surface area contributed by atoms with Crippen LogP contribution < -0.4 is 15.1 Å². The molecule has 0 atom stereocenters. The molecule has 0 spiro atoms. The molecule has 3 aromatic rings. The van der Waals surface area contributed by atoms with Crippen LogP contribution in [0.2, 0.25) is 0 Å². The zero-order chi connectivity index (χ0) is 19.6. The Balaban J connectivity index is 1.84. The Morgan fingerprint density at radius 1 is 1.07 bits per heavy atom. The number of esters is 1. The van der Waals surface area contributed by atoms with E-state index < -0.39 is 11.6 Å². The fourth-order valence-corrected chi connectivity index (χ4v) is 2.83. The monoisotopic (exact) mass is 366 g/mol. The van der Waals surface area contributed by atoms with Crippen molar-refractivity contribution in [1.29, 1.82) is 0 Å². The number of fused-ring (bicyclic) bond motifs is 1. The Labute approximate surface area is 155 Å². The van der Waals surface area contributed by atoms with Crippen LogP contribution in [-0.2, 0) is 11.2 Å². The highest BCUT2D eigenvalue weighted by Gasteiger charge is 2.14. The average molecular weight is 366 g/mol. The van der Waals surface area contributed by atoms with Gasteiger partial charge in [0, 0.05) is 28.6 Å². The Morgan fingerprint density at radius 2 is 1.85 bits per heavy atom. The predicted octanol–water partition coefficient (Wildman–Crippen LogP) is 3.46. The molecule has 6 heteroatoms. The normalized spacial score (nSPS) is 10.6. The molecule has 27 heavy (non-hydrogen) atoms. The van der Waals surface area contributed by atoms with E-state index in [2.05, 4.69) is 0 Å². The number of carbonyl (C=O) groups excluding carboxylic acids is 2. The third-order valence-corrected chi connectivity index (χ3v) is 4.18. The van der Waals surface area contributed by atoms with Crippen LogP contribution in [0, 0.1) is 6.92 Å². The minimum atomic E-state index is -0.525. The van der Waals surface area contributed by atoms with Gasteiger partial charge >= 0.3 is 11.6 Å². The van der Waals surface area contributed by atoms with Gasteiger partial charge < -0.3 is 13.9 Å². The molecular weight excluding hydrogens is 348 g/mol. The van der Waals surface area contributed by atoms with Gasteiger partial charge in [-0.05, 0) is 49.7 Å². The number of carbonyl (C=O) groups is 2. The summed E-state index contributed by atoms with van der Waals surface area (Å²) in [4.78, 5) is 35.4. The van der Waals surface area contributed by atoms with Crippen LogP contribution in [0.4, 0.5) is 0 Å². The number of aryl methyl sites for hydroxylation is 1. The lowest BCUT2D eigenvalue weighted by atomic mass is 10.0. The van der Waals surface area contributed by atoms with E-state index in [1.807, 2.05) is 0 Å². The Bertz CT molecular complexity index is 1090. The van der Waals surface area contributed by atoms with Crippen LogP contribution in [0.5, 0.6) is 11.5 Å². The molecule has 6 nitrogen and oxygen atoms in total. The maximum Gasteiger partial charge on any atom is 0.336 e. The van der Waals surface area contributed by atoms with E-state index in [0.29, 0.717) is 22.5 Å². The third-order valence-electron chi connectivity index (χ3n) is 4.18. The Hall–Kier alpha value is -3.41. The van der Waals surface area contributed by atoms with E-state index >= 15 is 0 Å². The summed E-state index contributed by atoms with van der Waals surface area (Å²) in [6.07, 6.45) is -0.0693. The molecule has 1 heterocycles. The summed E-state index contributed by atoms with van der Waals surface area (Å²) in [5, 5.41) is 0.769. The van der Waals surface area contributed by atoms with E-state index in [9.17, 15) is 14.4 Å². The zero-order valence-corrected chi connectivity index (χ0v) is 15.2. The second-order valence-electron chi connectivity index (χ2n) is 6.14. The van der Waals surface area contributed by atoms with E-state index in [4.69, 9.17) is 13.9 Å². The second kappa shape index (κ2) is 7.45. The number of ether oxygens (including phenoxy) is 2. The first-order valence-corrected chi connectivity index (χ1v) is 8.30. The molecule has 0 unspecified atom stereocenters. The molecule has 0 fully saturated rings. The van der Waals surface area contributed by atoms with Crippen LogP contribution in [0.15, 0.2) is 51.7 Å². The van der Waals surface area contributed by atoms with Crippen molar-refractivity contribution in [3.05, 3.63) is 69.6 Å². The lowest BCUT2D eigenvalue weighted by Gasteiger charge is -2.10. The molecule has 0 bridgehead atoms. The van der Waals surface area contributed by atoms with Gasteiger partial charge in [0.2, 0.25) is 0 Å². The molecule has 0 N–H and O–H groups in total. The van der Waals surface area contributed by atoms with Gasteiger partial charge in [-0.25, -0.2) is 4.79 Å². The standard InChI is InChI=1S/C21H18O6/c1-12-8-20(23)27-19-11-16(5-6-17(12)19)26-21(24)10-15-9-14(13(2)22)4-7-18(15)25-3/h4-9,11H,10H2,1-3H3. The number of Topliss-reactive ketones (excluding diaryl/α,β-unsaturated/α-hetero) is 1. The Morgan fingerprint density at radius 3 is 2.56 bits per heavy atom. The van der Waals surface area contributed by atoms with Gasteiger partial charge in [0.1, 0.15) is 17.1 Å². The fourth-order valence-electron chi connectivity index (χ4n) is 2.83. The number of methoxy groups -OCH3 is 1. The highest BCUT2D eigenvalue weighted by atomic mass is 16.5. The van der Waals surface area contributed by atoms with Gasteiger partial charge in [0.05, 0.1) is 13.5 Å². The highest BCUT2D eigenvalue weighted by Crippen LogP contribution is 2.24. The molecule has 0 amide bonds. The number of hydrogen-bond donors (Lipinski definition) is 0. The van der Waals surface area contributed by atoms with Gasteiger partial charge in [-0.1, -0.05) is 0 Å². The summed E-state index contributed by atoms with van der Waals surface area (Å²) in [5.74, 6) is 0.135. The number of benzene rings is 2. The van der Waals surface area contributed by atoms with Crippen LogP contribution >= 0.6 is 0 Å². The van der Waals surface area contributed by atoms with Crippen molar-refractivity contribution in [2.45, 2.75) is 20.3 Å². The van der Waals surface area contributed by atoms with E-state index in [1.54, 1.807) is 37.3 Å². The maximum atomic E-state index is 12.3. The molecule has 0 aliphatic rings. The number of ketones is 1. The Kier molecular flexibility index (Phi) is 5.07. The molecule has 2 aromatic carbocycles. The van der Waals surface area contributed by atoms with Crippen molar-refractivity contribution in [3.8, 4) is 11.5 Å². The van der Waals surface area contributed by atoms with Gasteiger partial charge in [-0.2, -0.15) is 0 Å². The summed E-state index contributed by atoms with van der Waals surface area (Å²) in [7, 11) is 1.49. The predicted molar refractivity (Wildman–Crippen MR) is 99.6 cm³/mol. The largest absolute Gasteiger partial charge is 0.496 e. The molecule has 0 aliphatic heterocycles. The summed E-state index contributed by atoms with van der Waals surface area (Å²) in [5.41, 5.74) is 1.71. The van der Waals surface area contributed by atoms with E-state index in [-0.39, 0.29) is 18.0 Å². The third kappa shape index (κ3) is 4.06. The number of hydrogen-bond acceptors (Lipinski definition) is 6. The average Bonchev–Trinajstić information content (AvgIpc) is 2.61. The topological polar surface area (TPSA) is 82.8 Å². The lowest BCUT2D eigenvalue weighted by molar-refractivity contribution is -0.133. The molecule has 138 valence electrons. The smallest absolute Gasteiger partial charge is 0.336 e. The van der Waals surface area contributed by atoms with Crippen molar-refractivity contribution in [2.75, 3.05) is 7.11 Å². The first kappa shape index (κ1) is 18.4. The first-order valence-electron chi connectivity index (χ1n) is 8.30. The summed E-state index contributed by atoms with van der Waals surface area (Å²) < 4.78 is 15.8. The number of rotatable bonds is 5. The zero-order valence-electron chi connectivity index (χ0n) is 15.2. The SMILES string of the molecule is COc1ccc(C(C)=O)cc1CC(=O)Oc1ccc2c(C)cc(=O)oc2c1. The van der Waals surface area contributed by atoms with Crippen LogP contribution in [0.1, 0.15) is 28.4 Å². The lowest BCUT2D eigenvalue weighted by Crippen LogP contribution is -2.12. The fraction of sp³-hybridized carbons (Fsp3) is 0.190. The van der Waals surface area contributed by atoms with Gasteiger partial charge in [-0.15, -0.1) is 0 Å². The van der Waals surface area contributed by atoms with E-state index in [1.165, 1.54) is 26.2 Å². The van der Waals surface area contributed by atoms with Gasteiger partial charge in [0.15, 0.2) is 5.78 Å².